The average Bonchev–Trinajstić information content (AvgIpc) is 2.27. The van der Waals surface area contributed by atoms with Gasteiger partial charge in [-0.2, -0.15) is 0 Å². The van der Waals surface area contributed by atoms with E-state index in [4.69, 9.17) is 5.11 Å². The Balaban J connectivity index is 2.51. The highest BCUT2D eigenvalue weighted by Crippen LogP contribution is 2.16. The van der Waals surface area contributed by atoms with Crippen LogP contribution in [0.3, 0.4) is 0 Å². The highest BCUT2D eigenvalue weighted by Gasteiger charge is 2.16. The lowest BCUT2D eigenvalue weighted by Gasteiger charge is -2.05. The van der Waals surface area contributed by atoms with Gasteiger partial charge in [-0.1, -0.05) is 24.3 Å². The quantitative estimate of drug-likeness (QED) is 0.604. The van der Waals surface area contributed by atoms with Crippen LogP contribution in [0.25, 0.3) is 6.08 Å². The third-order valence-corrected chi connectivity index (χ3v) is 1.85. The first-order valence-corrected chi connectivity index (χ1v) is 3.93. The van der Waals surface area contributed by atoms with Crippen LogP contribution in [0.4, 0.5) is 0 Å². The molecule has 0 saturated heterocycles. The lowest BCUT2D eigenvalue weighted by Crippen LogP contribution is -2.13. The summed E-state index contributed by atoms with van der Waals surface area (Å²) in [7, 11) is 0. The van der Waals surface area contributed by atoms with Crippen molar-refractivity contribution in [3.8, 4) is 0 Å². The van der Waals surface area contributed by atoms with Gasteiger partial charge in [-0.05, 0) is 17.7 Å². The number of carbonyl (C=O) groups is 1. The average molecular weight is 176 g/mol. The molecular formula is C10H8O3. The van der Waals surface area contributed by atoms with E-state index in [9.17, 15) is 4.79 Å². The van der Waals surface area contributed by atoms with E-state index < -0.39 is 12.3 Å². The molecule has 1 aromatic rings. The van der Waals surface area contributed by atoms with Gasteiger partial charge in [0.2, 0.25) is 6.29 Å². The lowest BCUT2D eigenvalue weighted by molar-refractivity contribution is -0.0341. The third kappa shape index (κ3) is 1.46. The Kier molecular flexibility index (Phi) is 1.87. The Morgan fingerprint density at radius 2 is 2.08 bits per heavy atom. The summed E-state index contributed by atoms with van der Waals surface area (Å²) in [5.41, 5.74) is 1.25. The largest absolute Gasteiger partial charge is 0.429 e. The summed E-state index contributed by atoms with van der Waals surface area (Å²) in [5.74, 6) is -0.493. The van der Waals surface area contributed by atoms with Gasteiger partial charge in [0.25, 0.3) is 0 Å². The number of hydrogen-bond acceptors (Lipinski definition) is 3. The van der Waals surface area contributed by atoms with Gasteiger partial charge in [0.05, 0.1) is 5.56 Å². The Morgan fingerprint density at radius 3 is 2.92 bits per heavy atom. The first-order chi connectivity index (χ1) is 6.27. The van der Waals surface area contributed by atoms with Crippen molar-refractivity contribution in [1.82, 2.24) is 0 Å². The van der Waals surface area contributed by atoms with E-state index in [2.05, 4.69) is 4.74 Å². The zero-order valence-corrected chi connectivity index (χ0v) is 6.81. The second kappa shape index (κ2) is 3.03. The van der Waals surface area contributed by atoms with Crippen LogP contribution in [-0.2, 0) is 4.74 Å². The molecule has 0 aromatic heterocycles. The Hall–Kier alpha value is -1.61. The number of benzene rings is 1. The number of rotatable bonds is 0. The van der Waals surface area contributed by atoms with E-state index in [1.54, 1.807) is 24.3 Å². The molecule has 0 spiro atoms. The fourth-order valence-corrected chi connectivity index (χ4v) is 1.23. The van der Waals surface area contributed by atoms with Crippen molar-refractivity contribution in [3.05, 3.63) is 41.5 Å². The molecule has 66 valence electrons. The van der Waals surface area contributed by atoms with Gasteiger partial charge >= 0.3 is 5.97 Å². The molecule has 0 aliphatic carbocycles. The first-order valence-electron chi connectivity index (χ1n) is 3.93. The van der Waals surface area contributed by atoms with E-state index in [0.29, 0.717) is 5.56 Å². The number of fused-ring (bicyclic) bond motifs is 1. The monoisotopic (exact) mass is 176 g/mol. The standard InChI is InChI=1S/C10H8O3/c11-9-6-5-7-3-1-2-4-8(7)10(12)13-9/h1-6,9,11H. The number of esters is 1. The predicted molar refractivity (Wildman–Crippen MR) is 46.9 cm³/mol. The van der Waals surface area contributed by atoms with Crippen molar-refractivity contribution < 1.29 is 14.6 Å². The molecule has 1 heterocycles. The SMILES string of the molecule is O=C1OC(O)C=Cc2ccccc21. The van der Waals surface area contributed by atoms with Crippen LogP contribution in [-0.4, -0.2) is 17.4 Å². The minimum absolute atomic E-state index is 0.482. The van der Waals surface area contributed by atoms with Crippen LogP contribution in [0.1, 0.15) is 15.9 Å². The first kappa shape index (κ1) is 8.01. The Morgan fingerprint density at radius 1 is 1.31 bits per heavy atom. The van der Waals surface area contributed by atoms with Gasteiger partial charge in [0.15, 0.2) is 0 Å². The summed E-state index contributed by atoms with van der Waals surface area (Å²) in [6.07, 6.45) is 1.97. The minimum Gasteiger partial charge on any atom is -0.429 e. The maximum Gasteiger partial charge on any atom is 0.341 e. The van der Waals surface area contributed by atoms with Crippen LogP contribution in [0, 0.1) is 0 Å². The van der Waals surface area contributed by atoms with E-state index in [1.807, 2.05) is 6.07 Å². The molecule has 1 aromatic carbocycles. The van der Waals surface area contributed by atoms with Crippen molar-refractivity contribution in [3.63, 3.8) is 0 Å². The molecule has 1 aliphatic rings. The second-order valence-corrected chi connectivity index (χ2v) is 2.74. The number of ether oxygens (including phenoxy) is 1. The van der Waals surface area contributed by atoms with E-state index in [0.717, 1.165) is 5.56 Å². The van der Waals surface area contributed by atoms with Crippen LogP contribution < -0.4 is 0 Å². The fourth-order valence-electron chi connectivity index (χ4n) is 1.23. The molecule has 0 saturated carbocycles. The summed E-state index contributed by atoms with van der Waals surface area (Å²) in [6, 6.07) is 7.05. The maximum atomic E-state index is 11.3. The number of aliphatic hydroxyl groups is 1. The van der Waals surface area contributed by atoms with Crippen LogP contribution >= 0.6 is 0 Å². The molecule has 2 rings (SSSR count). The minimum atomic E-state index is -1.14. The number of cyclic esters (lactones) is 1. The zero-order chi connectivity index (χ0) is 9.26. The normalized spacial score (nSPS) is 20.4. The van der Waals surface area contributed by atoms with E-state index in [1.165, 1.54) is 6.08 Å². The number of carbonyl (C=O) groups excluding carboxylic acids is 1. The second-order valence-electron chi connectivity index (χ2n) is 2.74. The predicted octanol–water partition coefficient (Wildman–Crippen LogP) is 1.19. The van der Waals surface area contributed by atoms with Crippen molar-refractivity contribution in [2.75, 3.05) is 0 Å². The molecule has 0 bridgehead atoms. The number of hydrogen-bond donors (Lipinski definition) is 1. The van der Waals surface area contributed by atoms with E-state index >= 15 is 0 Å². The Labute approximate surface area is 75.3 Å². The fraction of sp³-hybridized carbons (Fsp3) is 0.100. The van der Waals surface area contributed by atoms with Gasteiger partial charge in [0, 0.05) is 0 Å². The van der Waals surface area contributed by atoms with Crippen molar-refractivity contribution >= 4 is 12.0 Å². The topological polar surface area (TPSA) is 46.5 Å². The molecule has 3 heteroatoms. The third-order valence-electron chi connectivity index (χ3n) is 1.85. The van der Waals surface area contributed by atoms with Crippen molar-refractivity contribution in [2.45, 2.75) is 6.29 Å². The molecule has 1 aliphatic heterocycles. The zero-order valence-electron chi connectivity index (χ0n) is 6.81. The van der Waals surface area contributed by atoms with Gasteiger partial charge < -0.3 is 9.84 Å². The van der Waals surface area contributed by atoms with Crippen LogP contribution in [0.5, 0.6) is 0 Å². The van der Waals surface area contributed by atoms with E-state index in [-0.39, 0.29) is 0 Å². The van der Waals surface area contributed by atoms with Gasteiger partial charge in [-0.3, -0.25) is 0 Å². The lowest BCUT2D eigenvalue weighted by atomic mass is 10.1. The highest BCUT2D eigenvalue weighted by atomic mass is 16.6. The molecule has 0 fully saturated rings. The molecule has 13 heavy (non-hydrogen) atoms. The van der Waals surface area contributed by atoms with Crippen molar-refractivity contribution in [1.29, 1.82) is 0 Å². The molecule has 1 N–H and O–H groups in total. The Bertz CT molecular complexity index is 368. The molecule has 3 nitrogen and oxygen atoms in total. The molecule has 1 atom stereocenters. The summed E-state index contributed by atoms with van der Waals surface area (Å²) in [4.78, 5) is 11.3. The van der Waals surface area contributed by atoms with Gasteiger partial charge in [0.1, 0.15) is 0 Å². The maximum absolute atomic E-state index is 11.3. The summed E-state index contributed by atoms with van der Waals surface area (Å²) >= 11 is 0. The smallest absolute Gasteiger partial charge is 0.341 e. The highest BCUT2D eigenvalue weighted by molar-refractivity contribution is 5.94. The summed E-state index contributed by atoms with van der Waals surface area (Å²) in [5, 5.41) is 9.10. The van der Waals surface area contributed by atoms with Gasteiger partial charge in [-0.15, -0.1) is 0 Å². The number of aliphatic hydroxyl groups excluding tert-OH is 1. The summed E-state index contributed by atoms with van der Waals surface area (Å²) < 4.78 is 4.67. The summed E-state index contributed by atoms with van der Waals surface area (Å²) in [6.45, 7) is 0. The molecule has 0 radical (unpaired) electrons. The molecule has 1 unspecified atom stereocenters. The van der Waals surface area contributed by atoms with Crippen LogP contribution in [0.15, 0.2) is 30.3 Å². The molecular weight excluding hydrogens is 168 g/mol. The molecule has 0 amide bonds. The van der Waals surface area contributed by atoms with Crippen LogP contribution in [0.2, 0.25) is 0 Å². The van der Waals surface area contributed by atoms with Gasteiger partial charge in [-0.25, -0.2) is 4.79 Å². The van der Waals surface area contributed by atoms with Crippen molar-refractivity contribution in [2.24, 2.45) is 0 Å².